The van der Waals surface area contributed by atoms with E-state index >= 15 is 0 Å². The normalized spacial score (nSPS) is 14.6. The number of hydrogen-bond acceptors (Lipinski definition) is 6. The molecule has 0 spiro atoms. The number of carbonyl (C=O) groups excluding carboxylic acids is 1. The van der Waals surface area contributed by atoms with Gasteiger partial charge in [0.25, 0.3) is 10.0 Å². The minimum absolute atomic E-state index is 0.0340. The Kier molecular flexibility index (Phi) is 7.17. The summed E-state index contributed by atoms with van der Waals surface area (Å²) < 4.78 is 32.9. The van der Waals surface area contributed by atoms with E-state index in [1.54, 1.807) is 43.5 Å². The molecule has 2 heterocycles. The van der Waals surface area contributed by atoms with Crippen molar-refractivity contribution in [2.45, 2.75) is 24.7 Å². The average molecular weight is 480 g/mol. The predicted molar refractivity (Wildman–Crippen MR) is 133 cm³/mol. The highest BCUT2D eigenvalue weighted by atomic mass is 32.2. The maximum Gasteiger partial charge on any atom is 0.265 e. The van der Waals surface area contributed by atoms with Crippen molar-refractivity contribution in [3.8, 4) is 5.75 Å². The van der Waals surface area contributed by atoms with Gasteiger partial charge in [-0.1, -0.05) is 18.2 Å². The lowest BCUT2D eigenvalue weighted by atomic mass is 9.89. The number of carbonyl (C=O) groups is 1. The van der Waals surface area contributed by atoms with Crippen molar-refractivity contribution in [3.05, 3.63) is 78.5 Å². The number of methoxy groups -OCH3 is 1. The first-order chi connectivity index (χ1) is 16.4. The molecule has 0 aliphatic carbocycles. The largest absolute Gasteiger partial charge is 0.497 e. The minimum Gasteiger partial charge on any atom is -0.497 e. The van der Waals surface area contributed by atoms with E-state index in [4.69, 9.17) is 4.74 Å². The number of benzene rings is 2. The van der Waals surface area contributed by atoms with Crippen LogP contribution in [-0.4, -0.2) is 45.9 Å². The molecule has 1 saturated heterocycles. The zero-order valence-corrected chi connectivity index (χ0v) is 20.2. The molecule has 1 aliphatic heterocycles. The van der Waals surface area contributed by atoms with E-state index in [0.717, 1.165) is 24.4 Å². The van der Waals surface area contributed by atoms with Gasteiger partial charge < -0.3 is 9.64 Å². The van der Waals surface area contributed by atoms with Crippen LogP contribution in [0.5, 0.6) is 5.75 Å². The van der Waals surface area contributed by atoms with Crippen molar-refractivity contribution < 1.29 is 17.9 Å². The molecule has 0 bridgehead atoms. The molecule has 0 radical (unpaired) electrons. The Morgan fingerprint density at radius 3 is 2.26 bits per heavy atom. The monoisotopic (exact) mass is 479 g/mol. The van der Waals surface area contributed by atoms with Crippen LogP contribution in [0.25, 0.3) is 0 Å². The number of aromatic nitrogens is 1. The van der Waals surface area contributed by atoms with Gasteiger partial charge in [-0.15, -0.1) is 0 Å². The smallest absolute Gasteiger partial charge is 0.265 e. The van der Waals surface area contributed by atoms with Crippen LogP contribution >= 0.6 is 0 Å². The van der Waals surface area contributed by atoms with E-state index in [0.29, 0.717) is 30.9 Å². The van der Waals surface area contributed by atoms with Crippen molar-refractivity contribution in [2.75, 3.05) is 35.9 Å². The highest BCUT2D eigenvalue weighted by molar-refractivity contribution is 7.92. The summed E-state index contributed by atoms with van der Waals surface area (Å²) in [5, 5.41) is 0. The second kappa shape index (κ2) is 10.3. The van der Waals surface area contributed by atoms with Crippen molar-refractivity contribution in [1.82, 2.24) is 4.98 Å². The van der Waals surface area contributed by atoms with Crippen LogP contribution in [0.2, 0.25) is 0 Å². The van der Waals surface area contributed by atoms with Gasteiger partial charge in [-0.3, -0.25) is 9.10 Å². The third kappa shape index (κ3) is 4.92. The molecule has 7 nitrogen and oxygen atoms in total. The number of para-hydroxylation sites is 1. The van der Waals surface area contributed by atoms with Gasteiger partial charge in [0.05, 0.1) is 12.8 Å². The molecular formula is C26H29N3O4S. The quantitative estimate of drug-likeness (QED) is 0.446. The maximum atomic E-state index is 13.2. The first-order valence-electron chi connectivity index (χ1n) is 11.4. The zero-order chi connectivity index (χ0) is 24.1. The van der Waals surface area contributed by atoms with Gasteiger partial charge in [0.2, 0.25) is 0 Å². The number of nitrogens with zero attached hydrogens (tertiary/aromatic N) is 3. The Labute approximate surface area is 201 Å². The van der Waals surface area contributed by atoms with E-state index in [2.05, 4.69) is 9.88 Å². The number of pyridine rings is 1. The number of Topliss-reactive ketones (excluding diaryl/α,β-unsaturated/α-hetero) is 1. The van der Waals surface area contributed by atoms with Crippen LogP contribution in [-0.2, 0) is 10.0 Å². The first kappa shape index (κ1) is 23.8. The molecule has 1 fully saturated rings. The van der Waals surface area contributed by atoms with Gasteiger partial charge in [0, 0.05) is 37.3 Å². The summed E-state index contributed by atoms with van der Waals surface area (Å²) in [5.41, 5.74) is 1.32. The first-order valence-corrected chi connectivity index (χ1v) is 12.8. The molecule has 4 rings (SSSR count). The topological polar surface area (TPSA) is 79.8 Å². The van der Waals surface area contributed by atoms with Gasteiger partial charge in [-0.25, -0.2) is 13.4 Å². The maximum absolute atomic E-state index is 13.2. The van der Waals surface area contributed by atoms with Crippen LogP contribution in [0.4, 0.5) is 11.5 Å². The molecular weight excluding hydrogens is 450 g/mol. The number of piperidine rings is 1. The van der Waals surface area contributed by atoms with Gasteiger partial charge in [-0.05, 0) is 68.3 Å². The molecule has 1 aliphatic rings. The van der Waals surface area contributed by atoms with Gasteiger partial charge >= 0.3 is 0 Å². The van der Waals surface area contributed by atoms with Crippen molar-refractivity contribution in [3.63, 3.8) is 0 Å². The average Bonchev–Trinajstić information content (AvgIpc) is 2.89. The zero-order valence-electron chi connectivity index (χ0n) is 19.4. The van der Waals surface area contributed by atoms with Crippen LogP contribution in [0.1, 0.15) is 30.1 Å². The summed E-state index contributed by atoms with van der Waals surface area (Å²) in [5.74, 6) is 1.57. The Balaban J connectivity index is 1.41. The van der Waals surface area contributed by atoms with Crippen molar-refractivity contribution in [2.24, 2.45) is 5.92 Å². The summed E-state index contributed by atoms with van der Waals surface area (Å²) in [6.45, 7) is 3.51. The fourth-order valence-corrected chi connectivity index (χ4v) is 5.71. The third-order valence-corrected chi connectivity index (χ3v) is 8.09. The van der Waals surface area contributed by atoms with E-state index in [1.807, 2.05) is 37.3 Å². The van der Waals surface area contributed by atoms with E-state index in [-0.39, 0.29) is 16.6 Å². The number of rotatable bonds is 8. The van der Waals surface area contributed by atoms with Crippen LogP contribution in [0.15, 0.2) is 77.8 Å². The number of anilines is 2. The summed E-state index contributed by atoms with van der Waals surface area (Å²) >= 11 is 0. The molecule has 8 heteroatoms. The van der Waals surface area contributed by atoms with Crippen LogP contribution in [0.3, 0.4) is 0 Å². The molecule has 178 valence electrons. The number of hydrogen-bond donors (Lipinski definition) is 0. The summed E-state index contributed by atoms with van der Waals surface area (Å²) in [7, 11) is -2.11. The number of ether oxygens (including phenoxy) is 1. The molecule has 34 heavy (non-hydrogen) atoms. The molecule has 1 aromatic heterocycles. The Morgan fingerprint density at radius 2 is 1.71 bits per heavy atom. The minimum atomic E-state index is -3.71. The van der Waals surface area contributed by atoms with E-state index in [1.165, 1.54) is 10.5 Å². The fourth-order valence-electron chi connectivity index (χ4n) is 4.29. The van der Waals surface area contributed by atoms with Crippen molar-refractivity contribution >= 4 is 27.3 Å². The molecule has 2 aromatic carbocycles. The van der Waals surface area contributed by atoms with Gasteiger partial charge in [0.1, 0.15) is 16.5 Å². The lowest BCUT2D eigenvalue weighted by Crippen LogP contribution is -2.37. The molecule has 0 atom stereocenters. The van der Waals surface area contributed by atoms with E-state index < -0.39 is 10.0 Å². The molecule has 0 saturated carbocycles. The lowest BCUT2D eigenvalue weighted by molar-refractivity contribution is 0.0900. The molecule has 3 aromatic rings. The second-order valence-corrected chi connectivity index (χ2v) is 10.1. The Hall–Kier alpha value is -3.39. The van der Waals surface area contributed by atoms with Gasteiger partial charge in [0.15, 0.2) is 5.78 Å². The molecule has 0 amide bonds. The van der Waals surface area contributed by atoms with Gasteiger partial charge in [-0.2, -0.15) is 0 Å². The van der Waals surface area contributed by atoms with E-state index in [9.17, 15) is 13.2 Å². The lowest BCUT2D eigenvalue weighted by Gasteiger charge is -2.32. The summed E-state index contributed by atoms with van der Waals surface area (Å²) in [4.78, 5) is 19.6. The number of ketones is 1. The van der Waals surface area contributed by atoms with Crippen LogP contribution < -0.4 is 13.9 Å². The highest BCUT2D eigenvalue weighted by Gasteiger charge is 2.28. The second-order valence-electron chi connectivity index (χ2n) is 8.21. The third-order valence-electron chi connectivity index (χ3n) is 6.20. The number of sulfonamides is 1. The standard InChI is InChI=1S/C26H29N3O4S/c1-3-29(22-7-5-4-6-8-22)34(31,32)24-13-14-25(27-19-24)28-17-15-21(16-18-28)26(30)20-9-11-23(33-2)12-10-20/h4-14,19,21H,3,15-18H2,1-2H3. The Morgan fingerprint density at radius 1 is 1.03 bits per heavy atom. The van der Waals surface area contributed by atoms with Crippen molar-refractivity contribution in [1.29, 1.82) is 0 Å². The predicted octanol–water partition coefficient (Wildman–Crippen LogP) is 4.40. The molecule has 0 unspecified atom stereocenters. The summed E-state index contributed by atoms with van der Waals surface area (Å²) in [6.07, 6.45) is 2.87. The fraction of sp³-hybridized carbons (Fsp3) is 0.308. The SMILES string of the molecule is CCN(c1ccccc1)S(=O)(=O)c1ccc(N2CCC(C(=O)c3ccc(OC)cc3)CC2)nc1. The summed E-state index contributed by atoms with van der Waals surface area (Å²) in [6, 6.07) is 19.6. The van der Waals surface area contributed by atoms with Crippen LogP contribution in [0, 0.1) is 5.92 Å². The Bertz CT molecular complexity index is 1210. The highest BCUT2D eigenvalue weighted by Crippen LogP contribution is 2.27. The molecule has 0 N–H and O–H groups in total.